The zero-order valence-electron chi connectivity index (χ0n) is 15.5. The molecule has 0 saturated carbocycles. The molecule has 0 radical (unpaired) electrons. The van der Waals surface area contributed by atoms with Gasteiger partial charge in [-0.25, -0.2) is 9.18 Å². The van der Waals surface area contributed by atoms with Crippen LogP contribution in [0.1, 0.15) is 13.8 Å². The number of nitrogens with one attached hydrogen (secondary N) is 2. The average Bonchev–Trinajstić information content (AvgIpc) is 2.68. The number of rotatable bonds is 8. The first-order valence-electron chi connectivity index (χ1n) is 8.59. The van der Waals surface area contributed by atoms with E-state index < -0.39 is 35.7 Å². The van der Waals surface area contributed by atoms with Gasteiger partial charge in [0.1, 0.15) is 17.6 Å². The van der Waals surface area contributed by atoms with Gasteiger partial charge in [-0.3, -0.25) is 9.59 Å². The van der Waals surface area contributed by atoms with Gasteiger partial charge in [0.15, 0.2) is 12.7 Å². The molecular formula is C20H21FN2O5. The van der Waals surface area contributed by atoms with Crippen LogP contribution in [-0.4, -0.2) is 36.5 Å². The van der Waals surface area contributed by atoms with E-state index in [9.17, 15) is 18.8 Å². The Morgan fingerprint density at radius 2 is 1.64 bits per heavy atom. The van der Waals surface area contributed by atoms with Crippen molar-refractivity contribution in [2.24, 2.45) is 0 Å². The molecule has 0 unspecified atom stereocenters. The second-order valence-electron chi connectivity index (χ2n) is 5.97. The normalized spacial score (nSPS) is 12.4. The van der Waals surface area contributed by atoms with Crippen molar-refractivity contribution >= 4 is 23.5 Å². The summed E-state index contributed by atoms with van der Waals surface area (Å²) in [7, 11) is 0. The molecule has 2 aromatic rings. The largest absolute Gasteiger partial charge is 0.484 e. The molecule has 0 saturated heterocycles. The lowest BCUT2D eigenvalue weighted by Gasteiger charge is -2.17. The predicted octanol–water partition coefficient (Wildman–Crippen LogP) is 2.28. The van der Waals surface area contributed by atoms with Gasteiger partial charge in [0, 0.05) is 5.69 Å². The minimum absolute atomic E-state index is 0.262. The Labute approximate surface area is 161 Å². The van der Waals surface area contributed by atoms with E-state index in [-0.39, 0.29) is 6.61 Å². The van der Waals surface area contributed by atoms with Gasteiger partial charge in [-0.15, -0.1) is 0 Å². The van der Waals surface area contributed by atoms with Crippen molar-refractivity contribution in [2.45, 2.75) is 26.0 Å². The molecule has 0 aromatic heterocycles. The van der Waals surface area contributed by atoms with E-state index in [0.717, 1.165) is 0 Å². The van der Waals surface area contributed by atoms with Gasteiger partial charge in [-0.05, 0) is 50.2 Å². The zero-order valence-corrected chi connectivity index (χ0v) is 15.5. The van der Waals surface area contributed by atoms with Gasteiger partial charge >= 0.3 is 5.97 Å². The lowest BCUT2D eigenvalue weighted by atomic mass is 10.3. The number of para-hydroxylation sites is 1. The summed E-state index contributed by atoms with van der Waals surface area (Å²) in [5.41, 5.74) is 0.369. The van der Waals surface area contributed by atoms with Gasteiger partial charge in [-0.2, -0.15) is 0 Å². The second kappa shape index (κ2) is 10.1. The number of carbonyl (C=O) groups excluding carboxylic acids is 3. The van der Waals surface area contributed by atoms with E-state index in [1.165, 1.54) is 38.1 Å². The Hall–Kier alpha value is -3.42. The fourth-order valence-electron chi connectivity index (χ4n) is 2.11. The molecule has 8 heteroatoms. The highest BCUT2D eigenvalue weighted by atomic mass is 19.1. The number of hydrogen-bond donors (Lipinski definition) is 2. The molecule has 0 spiro atoms. The van der Waals surface area contributed by atoms with Crippen LogP contribution in [0.2, 0.25) is 0 Å². The molecule has 2 amide bonds. The molecule has 2 rings (SSSR count). The Morgan fingerprint density at radius 3 is 2.29 bits per heavy atom. The molecule has 2 N–H and O–H groups in total. The topological polar surface area (TPSA) is 93.7 Å². The Kier molecular flexibility index (Phi) is 7.50. The summed E-state index contributed by atoms with van der Waals surface area (Å²) in [4.78, 5) is 36.0. The van der Waals surface area contributed by atoms with E-state index >= 15 is 0 Å². The highest BCUT2D eigenvalue weighted by molar-refractivity contribution is 5.95. The SMILES string of the molecule is C[C@H](NC(=O)COc1ccccc1)C(=O)O[C@@H](C)C(=O)Nc1ccc(F)cc1. The third-order valence-corrected chi connectivity index (χ3v) is 3.62. The summed E-state index contributed by atoms with van der Waals surface area (Å²) < 4.78 is 23.2. The number of benzene rings is 2. The maximum atomic E-state index is 12.9. The minimum atomic E-state index is -1.10. The van der Waals surface area contributed by atoms with Crippen LogP contribution >= 0.6 is 0 Å². The van der Waals surface area contributed by atoms with Gasteiger partial charge in [-0.1, -0.05) is 18.2 Å². The Balaban J connectivity index is 1.76. The molecule has 0 aliphatic heterocycles. The Morgan fingerprint density at radius 1 is 1.00 bits per heavy atom. The van der Waals surface area contributed by atoms with Crippen LogP contribution in [-0.2, 0) is 19.1 Å². The van der Waals surface area contributed by atoms with Crippen LogP contribution in [0.25, 0.3) is 0 Å². The maximum absolute atomic E-state index is 12.9. The quantitative estimate of drug-likeness (QED) is 0.677. The smallest absolute Gasteiger partial charge is 0.329 e. The van der Waals surface area contributed by atoms with Crippen molar-refractivity contribution in [3.63, 3.8) is 0 Å². The predicted molar refractivity (Wildman–Crippen MR) is 100 cm³/mol. The highest BCUT2D eigenvalue weighted by Gasteiger charge is 2.23. The standard InChI is InChI=1S/C20H21FN2O5/c1-13(22-18(24)12-27-17-6-4-3-5-7-17)20(26)28-14(2)19(25)23-16-10-8-15(21)9-11-16/h3-11,13-14H,12H2,1-2H3,(H,22,24)(H,23,25)/t13-,14-/m0/s1. The van der Waals surface area contributed by atoms with Gasteiger partial charge < -0.3 is 20.1 Å². The highest BCUT2D eigenvalue weighted by Crippen LogP contribution is 2.10. The van der Waals surface area contributed by atoms with Crippen molar-refractivity contribution in [3.05, 3.63) is 60.4 Å². The fraction of sp³-hybridized carbons (Fsp3) is 0.250. The summed E-state index contributed by atoms with van der Waals surface area (Å²) in [6.45, 7) is 2.57. The molecule has 0 aliphatic carbocycles. The van der Waals surface area contributed by atoms with E-state index in [1.807, 2.05) is 6.07 Å². The number of carbonyl (C=O) groups is 3. The molecule has 148 valence electrons. The summed E-state index contributed by atoms with van der Waals surface area (Å²) >= 11 is 0. The summed E-state index contributed by atoms with van der Waals surface area (Å²) in [5, 5.41) is 4.94. The van der Waals surface area contributed by atoms with Gasteiger partial charge in [0.05, 0.1) is 0 Å². The number of amides is 2. The van der Waals surface area contributed by atoms with E-state index in [4.69, 9.17) is 9.47 Å². The number of hydrogen-bond acceptors (Lipinski definition) is 5. The molecule has 7 nitrogen and oxygen atoms in total. The second-order valence-corrected chi connectivity index (χ2v) is 5.97. The van der Waals surface area contributed by atoms with E-state index in [2.05, 4.69) is 10.6 Å². The van der Waals surface area contributed by atoms with Crippen LogP contribution in [0.3, 0.4) is 0 Å². The molecule has 28 heavy (non-hydrogen) atoms. The van der Waals surface area contributed by atoms with Crippen LogP contribution in [0.4, 0.5) is 10.1 Å². The van der Waals surface area contributed by atoms with Gasteiger partial charge in [0.25, 0.3) is 11.8 Å². The minimum Gasteiger partial charge on any atom is -0.484 e. The van der Waals surface area contributed by atoms with Crippen molar-refractivity contribution in [1.82, 2.24) is 5.32 Å². The molecule has 2 aromatic carbocycles. The third kappa shape index (κ3) is 6.71. The van der Waals surface area contributed by atoms with E-state index in [1.54, 1.807) is 24.3 Å². The number of esters is 1. The first-order valence-corrected chi connectivity index (χ1v) is 8.59. The average molecular weight is 388 g/mol. The number of ether oxygens (including phenoxy) is 2. The van der Waals surface area contributed by atoms with Crippen LogP contribution in [0.5, 0.6) is 5.75 Å². The summed E-state index contributed by atoms with van der Waals surface area (Å²) in [6, 6.07) is 13.0. The first kappa shape index (κ1) is 20.9. The molecule has 0 bridgehead atoms. The fourth-order valence-corrected chi connectivity index (χ4v) is 2.11. The molecule has 0 aliphatic rings. The molecular weight excluding hydrogens is 367 g/mol. The molecule has 0 fully saturated rings. The van der Waals surface area contributed by atoms with E-state index in [0.29, 0.717) is 11.4 Å². The monoisotopic (exact) mass is 388 g/mol. The summed E-state index contributed by atoms with van der Waals surface area (Å²) in [6.07, 6.45) is -1.10. The number of halogens is 1. The first-order chi connectivity index (χ1) is 13.3. The number of anilines is 1. The Bertz CT molecular complexity index is 811. The lowest BCUT2D eigenvalue weighted by Crippen LogP contribution is -2.44. The van der Waals surface area contributed by atoms with Crippen molar-refractivity contribution < 1.29 is 28.2 Å². The summed E-state index contributed by atoms with van der Waals surface area (Å²) in [5.74, 6) is -1.75. The zero-order chi connectivity index (χ0) is 20.5. The van der Waals surface area contributed by atoms with Crippen LogP contribution in [0, 0.1) is 5.82 Å². The lowest BCUT2D eigenvalue weighted by molar-refractivity contribution is -0.155. The third-order valence-electron chi connectivity index (χ3n) is 3.62. The van der Waals surface area contributed by atoms with Crippen molar-refractivity contribution in [2.75, 3.05) is 11.9 Å². The maximum Gasteiger partial charge on any atom is 0.329 e. The van der Waals surface area contributed by atoms with Crippen LogP contribution < -0.4 is 15.4 Å². The van der Waals surface area contributed by atoms with Crippen molar-refractivity contribution in [1.29, 1.82) is 0 Å². The van der Waals surface area contributed by atoms with Crippen molar-refractivity contribution in [3.8, 4) is 5.75 Å². The molecule has 0 heterocycles. The van der Waals surface area contributed by atoms with Crippen LogP contribution in [0.15, 0.2) is 54.6 Å². The molecule has 2 atom stereocenters. The van der Waals surface area contributed by atoms with Gasteiger partial charge in [0.2, 0.25) is 0 Å².